The lowest BCUT2D eigenvalue weighted by atomic mass is 10.4. The van der Waals surface area contributed by atoms with Crippen LogP contribution in [0.4, 0.5) is 0 Å². The summed E-state index contributed by atoms with van der Waals surface area (Å²) in [7, 11) is 1.49. The Morgan fingerprint density at radius 2 is 2.40 bits per heavy atom. The van der Waals surface area contributed by atoms with Crippen molar-refractivity contribution >= 4 is 32.1 Å². The van der Waals surface area contributed by atoms with Gasteiger partial charge in [0.2, 0.25) is 9.05 Å². The Morgan fingerprint density at radius 3 is 2.80 bits per heavy atom. The molecule has 0 amide bonds. The van der Waals surface area contributed by atoms with E-state index in [-0.39, 0.29) is 12.4 Å². The van der Waals surface area contributed by atoms with Gasteiger partial charge in [0.05, 0.1) is 12.4 Å². The molecule has 60 valence electrons. The standard InChI is InChI=1S/C3H5ClO4S2/c4-10(5,6)2-3-1-7-9-8-3/h3H,1-2H2. The van der Waals surface area contributed by atoms with Crippen molar-refractivity contribution in [1.82, 2.24) is 0 Å². The van der Waals surface area contributed by atoms with E-state index in [1.807, 2.05) is 0 Å². The van der Waals surface area contributed by atoms with Gasteiger partial charge in [-0.2, -0.15) is 0 Å². The fourth-order valence-electron chi connectivity index (χ4n) is 0.513. The second kappa shape index (κ2) is 3.27. The Hall–Kier alpha value is 0.510. The van der Waals surface area contributed by atoms with Crippen LogP contribution in [0.2, 0.25) is 0 Å². The third-order valence-corrected chi connectivity index (χ3v) is 2.59. The van der Waals surface area contributed by atoms with Crippen molar-refractivity contribution < 1.29 is 16.8 Å². The summed E-state index contributed by atoms with van der Waals surface area (Å²) in [6.07, 6.45) is -0.424. The van der Waals surface area contributed by atoms with E-state index in [4.69, 9.17) is 14.9 Å². The Labute approximate surface area is 67.7 Å². The molecule has 10 heavy (non-hydrogen) atoms. The van der Waals surface area contributed by atoms with Gasteiger partial charge >= 0.3 is 0 Å². The summed E-state index contributed by atoms with van der Waals surface area (Å²) in [5, 5.41) is 0. The van der Waals surface area contributed by atoms with Crippen LogP contribution in [-0.4, -0.2) is 26.9 Å². The minimum absolute atomic E-state index is 0.193. The maximum absolute atomic E-state index is 10.4. The summed E-state index contributed by atoms with van der Waals surface area (Å²) in [5.41, 5.74) is 0. The van der Waals surface area contributed by atoms with Gasteiger partial charge in [-0.25, -0.2) is 8.42 Å². The molecule has 0 radical (unpaired) electrons. The van der Waals surface area contributed by atoms with E-state index >= 15 is 0 Å². The van der Waals surface area contributed by atoms with Gasteiger partial charge in [-0.3, -0.25) is 8.37 Å². The Bertz CT molecular complexity index is 195. The largest absolute Gasteiger partial charge is 0.289 e. The van der Waals surface area contributed by atoms with Gasteiger partial charge in [-0.05, 0) is 0 Å². The minimum atomic E-state index is -3.45. The van der Waals surface area contributed by atoms with Crippen LogP contribution in [0, 0.1) is 0 Å². The van der Waals surface area contributed by atoms with Crippen LogP contribution < -0.4 is 0 Å². The second-order valence-corrected chi connectivity index (χ2v) is 5.16. The predicted molar refractivity (Wildman–Crippen MR) is 38.1 cm³/mol. The monoisotopic (exact) mass is 204 g/mol. The molecular weight excluding hydrogens is 200 g/mol. The lowest BCUT2D eigenvalue weighted by molar-refractivity contribution is 0.266. The van der Waals surface area contributed by atoms with Gasteiger partial charge < -0.3 is 0 Å². The molecule has 0 spiro atoms. The maximum Gasteiger partial charge on any atom is 0.235 e. The first-order chi connectivity index (χ1) is 4.58. The van der Waals surface area contributed by atoms with Crippen LogP contribution >= 0.6 is 23.0 Å². The molecule has 7 heteroatoms. The third kappa shape index (κ3) is 3.07. The molecular formula is C3H5ClO4S2. The number of hydrogen-bond donors (Lipinski definition) is 0. The zero-order valence-electron chi connectivity index (χ0n) is 4.82. The van der Waals surface area contributed by atoms with E-state index in [9.17, 15) is 8.42 Å². The van der Waals surface area contributed by atoms with Crippen molar-refractivity contribution in [3.63, 3.8) is 0 Å². The van der Waals surface area contributed by atoms with Crippen molar-refractivity contribution in [2.45, 2.75) is 6.10 Å². The minimum Gasteiger partial charge on any atom is -0.289 e. The second-order valence-electron chi connectivity index (χ2n) is 1.78. The first-order valence-electron chi connectivity index (χ1n) is 2.45. The Morgan fingerprint density at radius 1 is 1.70 bits per heavy atom. The first-order valence-corrected chi connectivity index (χ1v) is 5.60. The van der Waals surface area contributed by atoms with Crippen molar-refractivity contribution in [1.29, 1.82) is 0 Å². The molecule has 4 nitrogen and oxygen atoms in total. The molecule has 1 unspecified atom stereocenters. The molecule has 0 saturated carbocycles. The van der Waals surface area contributed by atoms with Crippen LogP contribution in [0.1, 0.15) is 0 Å². The van der Waals surface area contributed by atoms with E-state index in [1.54, 1.807) is 0 Å². The molecule has 0 aromatic carbocycles. The summed E-state index contributed by atoms with van der Waals surface area (Å²) in [4.78, 5) is 0. The summed E-state index contributed by atoms with van der Waals surface area (Å²) in [6, 6.07) is 0. The van der Waals surface area contributed by atoms with E-state index in [0.29, 0.717) is 0 Å². The van der Waals surface area contributed by atoms with E-state index < -0.39 is 15.2 Å². The summed E-state index contributed by atoms with van der Waals surface area (Å²) in [5.74, 6) is -0.193. The quantitative estimate of drug-likeness (QED) is 0.485. The highest BCUT2D eigenvalue weighted by Crippen LogP contribution is 2.20. The smallest absolute Gasteiger partial charge is 0.235 e. The van der Waals surface area contributed by atoms with Crippen LogP contribution in [0.15, 0.2) is 0 Å². The van der Waals surface area contributed by atoms with Crippen LogP contribution in [0.25, 0.3) is 0 Å². The topological polar surface area (TPSA) is 52.6 Å². The zero-order valence-corrected chi connectivity index (χ0v) is 7.21. The van der Waals surface area contributed by atoms with Crippen LogP contribution in [0.3, 0.4) is 0 Å². The lowest BCUT2D eigenvalue weighted by Crippen LogP contribution is -2.18. The molecule has 0 aliphatic carbocycles. The van der Waals surface area contributed by atoms with Gasteiger partial charge in [0.25, 0.3) is 0 Å². The van der Waals surface area contributed by atoms with Crippen LogP contribution in [0.5, 0.6) is 0 Å². The average molecular weight is 205 g/mol. The fraction of sp³-hybridized carbons (Fsp3) is 1.00. The maximum atomic E-state index is 10.4. The SMILES string of the molecule is O=S(=O)(Cl)CC1COSO1. The molecule has 0 bridgehead atoms. The van der Waals surface area contributed by atoms with E-state index in [1.165, 1.54) is 0 Å². The van der Waals surface area contributed by atoms with Gasteiger partial charge in [0, 0.05) is 10.7 Å². The molecule has 1 aliphatic heterocycles. The highest BCUT2D eigenvalue weighted by atomic mass is 35.7. The van der Waals surface area contributed by atoms with Crippen molar-refractivity contribution in [3.8, 4) is 0 Å². The van der Waals surface area contributed by atoms with Gasteiger partial charge in [0.1, 0.15) is 6.10 Å². The molecule has 1 saturated heterocycles. The number of rotatable bonds is 2. The van der Waals surface area contributed by atoms with Gasteiger partial charge in [0.15, 0.2) is 12.3 Å². The molecule has 0 aromatic heterocycles. The molecule has 1 aliphatic rings. The molecule has 1 atom stereocenters. The number of hydrogen-bond acceptors (Lipinski definition) is 5. The number of halogens is 1. The lowest BCUT2D eigenvalue weighted by Gasteiger charge is -1.99. The van der Waals surface area contributed by atoms with Gasteiger partial charge in [-0.1, -0.05) is 0 Å². The highest BCUT2D eigenvalue weighted by Gasteiger charge is 2.23. The molecule has 1 heterocycles. The Balaban J connectivity index is 2.38. The molecule has 0 N–H and O–H groups in total. The van der Waals surface area contributed by atoms with Crippen molar-refractivity contribution in [2.75, 3.05) is 12.4 Å². The average Bonchev–Trinajstić information content (AvgIpc) is 2.12. The summed E-state index contributed by atoms with van der Waals surface area (Å²) >= 11 is 0.800. The molecule has 1 fully saturated rings. The predicted octanol–water partition coefficient (Wildman–Crippen LogP) is 0.534. The van der Waals surface area contributed by atoms with Gasteiger partial charge in [-0.15, -0.1) is 0 Å². The summed E-state index contributed by atoms with van der Waals surface area (Å²) < 4.78 is 30.2. The first kappa shape index (κ1) is 8.61. The normalized spacial score (nSPS) is 27.1. The highest BCUT2D eigenvalue weighted by molar-refractivity contribution is 8.13. The zero-order chi connectivity index (χ0) is 7.61. The van der Waals surface area contributed by atoms with Crippen LogP contribution in [-0.2, 0) is 17.4 Å². The fourth-order valence-corrected chi connectivity index (χ4v) is 2.13. The van der Waals surface area contributed by atoms with Crippen molar-refractivity contribution in [2.24, 2.45) is 0 Å². The Kier molecular flexibility index (Phi) is 2.81. The summed E-state index contributed by atoms with van der Waals surface area (Å²) in [6.45, 7) is 0.274. The molecule has 0 aromatic rings. The van der Waals surface area contributed by atoms with E-state index in [2.05, 4.69) is 4.18 Å². The third-order valence-electron chi connectivity index (χ3n) is 0.862. The molecule has 1 rings (SSSR count). The van der Waals surface area contributed by atoms with E-state index in [0.717, 1.165) is 12.3 Å². The van der Waals surface area contributed by atoms with Crippen molar-refractivity contribution in [3.05, 3.63) is 0 Å².